The molecule has 1 aliphatic carbocycles. The molecule has 0 amide bonds. The first-order valence-corrected chi connectivity index (χ1v) is 6.99. The molecule has 0 radical (unpaired) electrons. The van der Waals surface area contributed by atoms with Crippen LogP contribution in [0.25, 0.3) is 0 Å². The predicted octanol–water partition coefficient (Wildman–Crippen LogP) is 4.17. The number of benzene rings is 2. The van der Waals surface area contributed by atoms with Crippen LogP contribution in [0.2, 0.25) is 0 Å². The minimum absolute atomic E-state index is 0.310. The monoisotopic (exact) mass is 257 g/mol. The number of rotatable bonds is 1. The molecule has 1 atom stereocenters. The molecule has 0 bridgehead atoms. The fraction of sp³-hybridized carbons (Fsp3) is 0.105. The van der Waals surface area contributed by atoms with E-state index >= 15 is 0 Å². The molecule has 96 valence electrons. The van der Waals surface area contributed by atoms with Crippen molar-refractivity contribution in [3.8, 4) is 0 Å². The number of hydrogen-bond acceptors (Lipinski definition) is 1. The highest BCUT2D eigenvalue weighted by Crippen LogP contribution is 2.40. The van der Waals surface area contributed by atoms with E-state index in [1.165, 1.54) is 27.8 Å². The van der Waals surface area contributed by atoms with Crippen LogP contribution in [0.4, 0.5) is 0 Å². The van der Waals surface area contributed by atoms with Gasteiger partial charge in [0, 0.05) is 18.3 Å². The second-order valence-electron chi connectivity index (χ2n) is 5.29. The third-order valence-electron chi connectivity index (χ3n) is 4.14. The van der Waals surface area contributed by atoms with Crippen molar-refractivity contribution < 1.29 is 0 Å². The molecule has 20 heavy (non-hydrogen) atoms. The number of aromatic nitrogens is 1. The van der Waals surface area contributed by atoms with Crippen LogP contribution in [-0.2, 0) is 6.42 Å². The van der Waals surface area contributed by atoms with Crippen molar-refractivity contribution in [3.05, 3.63) is 101 Å². The summed E-state index contributed by atoms with van der Waals surface area (Å²) >= 11 is 0. The van der Waals surface area contributed by atoms with E-state index < -0.39 is 0 Å². The first kappa shape index (κ1) is 11.4. The minimum atomic E-state index is 0.310. The molecule has 2 aromatic carbocycles. The summed E-state index contributed by atoms with van der Waals surface area (Å²) in [6.07, 6.45) is 4.94. The SMILES string of the molecule is c1ccc(C2c3ccccc3Cc3ccncc32)cc1. The molecule has 4 rings (SSSR count). The minimum Gasteiger partial charge on any atom is -0.264 e. The van der Waals surface area contributed by atoms with Crippen molar-refractivity contribution >= 4 is 0 Å². The van der Waals surface area contributed by atoms with E-state index in [1.807, 2.05) is 12.4 Å². The summed E-state index contributed by atoms with van der Waals surface area (Å²) in [5.74, 6) is 0.310. The van der Waals surface area contributed by atoms with Crippen molar-refractivity contribution in [2.24, 2.45) is 0 Å². The van der Waals surface area contributed by atoms with E-state index in [0.717, 1.165) is 6.42 Å². The molecule has 1 heterocycles. The Labute approximate surface area is 118 Å². The smallest absolute Gasteiger partial charge is 0.0360 e. The van der Waals surface area contributed by atoms with Crippen LogP contribution in [0, 0.1) is 0 Å². The van der Waals surface area contributed by atoms with Crippen molar-refractivity contribution in [1.29, 1.82) is 0 Å². The molecule has 0 saturated heterocycles. The average Bonchev–Trinajstić information content (AvgIpc) is 2.53. The average molecular weight is 257 g/mol. The quantitative estimate of drug-likeness (QED) is 0.499. The summed E-state index contributed by atoms with van der Waals surface area (Å²) in [5.41, 5.74) is 6.93. The van der Waals surface area contributed by atoms with Crippen molar-refractivity contribution in [2.45, 2.75) is 12.3 Å². The van der Waals surface area contributed by atoms with E-state index in [0.29, 0.717) is 5.92 Å². The Kier molecular flexibility index (Phi) is 2.63. The van der Waals surface area contributed by atoms with Gasteiger partial charge in [0.25, 0.3) is 0 Å². The summed E-state index contributed by atoms with van der Waals surface area (Å²) in [6.45, 7) is 0. The van der Waals surface area contributed by atoms with Gasteiger partial charge < -0.3 is 0 Å². The van der Waals surface area contributed by atoms with Gasteiger partial charge in [-0.25, -0.2) is 0 Å². The first-order chi connectivity index (χ1) is 9.93. The third kappa shape index (κ3) is 1.75. The second-order valence-corrected chi connectivity index (χ2v) is 5.29. The molecule has 1 heteroatoms. The highest BCUT2D eigenvalue weighted by Gasteiger charge is 2.26. The van der Waals surface area contributed by atoms with Crippen LogP contribution in [0.3, 0.4) is 0 Å². The zero-order chi connectivity index (χ0) is 13.4. The van der Waals surface area contributed by atoms with Gasteiger partial charge in [0.1, 0.15) is 0 Å². The molecule has 1 aromatic heterocycles. The Hall–Kier alpha value is -2.41. The topological polar surface area (TPSA) is 12.9 Å². The Morgan fingerprint density at radius 1 is 0.750 bits per heavy atom. The maximum atomic E-state index is 4.35. The zero-order valence-electron chi connectivity index (χ0n) is 11.2. The Morgan fingerprint density at radius 2 is 1.50 bits per heavy atom. The second kappa shape index (κ2) is 4.61. The van der Waals surface area contributed by atoms with Gasteiger partial charge in [-0.1, -0.05) is 54.6 Å². The van der Waals surface area contributed by atoms with E-state index in [2.05, 4.69) is 65.6 Å². The van der Waals surface area contributed by atoms with Crippen LogP contribution < -0.4 is 0 Å². The maximum Gasteiger partial charge on any atom is 0.0360 e. The molecule has 0 saturated carbocycles. The van der Waals surface area contributed by atoms with Gasteiger partial charge in [-0.2, -0.15) is 0 Å². The summed E-state index contributed by atoms with van der Waals surface area (Å²) in [7, 11) is 0. The molecular weight excluding hydrogens is 242 g/mol. The Morgan fingerprint density at radius 3 is 2.40 bits per heavy atom. The van der Waals surface area contributed by atoms with E-state index in [9.17, 15) is 0 Å². The molecule has 0 spiro atoms. The Balaban J connectivity index is 1.98. The number of fused-ring (bicyclic) bond motifs is 2. The summed E-state index contributed by atoms with van der Waals surface area (Å²) < 4.78 is 0. The lowest BCUT2D eigenvalue weighted by Gasteiger charge is -2.28. The van der Waals surface area contributed by atoms with E-state index in [4.69, 9.17) is 0 Å². The molecule has 1 aliphatic rings. The van der Waals surface area contributed by atoms with Crippen LogP contribution in [-0.4, -0.2) is 4.98 Å². The lowest BCUT2D eigenvalue weighted by Crippen LogP contribution is -2.15. The van der Waals surface area contributed by atoms with E-state index in [-0.39, 0.29) is 0 Å². The predicted molar refractivity (Wildman–Crippen MR) is 80.9 cm³/mol. The lowest BCUT2D eigenvalue weighted by molar-refractivity contribution is 0.874. The standard InChI is InChI=1S/C19H15N/c1-2-6-14(7-3-1)19-17-9-5-4-8-15(17)12-16-10-11-20-13-18(16)19/h1-11,13,19H,12H2. The number of nitrogens with zero attached hydrogens (tertiary/aromatic N) is 1. The number of hydrogen-bond donors (Lipinski definition) is 0. The van der Waals surface area contributed by atoms with Crippen LogP contribution in [0.5, 0.6) is 0 Å². The fourth-order valence-corrected chi connectivity index (χ4v) is 3.21. The van der Waals surface area contributed by atoms with Crippen LogP contribution in [0.15, 0.2) is 73.1 Å². The van der Waals surface area contributed by atoms with Gasteiger partial charge in [0.15, 0.2) is 0 Å². The molecule has 1 unspecified atom stereocenters. The van der Waals surface area contributed by atoms with Gasteiger partial charge in [-0.15, -0.1) is 0 Å². The van der Waals surface area contributed by atoms with Gasteiger partial charge in [-0.05, 0) is 40.3 Å². The van der Waals surface area contributed by atoms with Gasteiger partial charge in [0.05, 0.1) is 0 Å². The maximum absolute atomic E-state index is 4.35. The van der Waals surface area contributed by atoms with Crippen molar-refractivity contribution in [3.63, 3.8) is 0 Å². The lowest BCUT2D eigenvalue weighted by atomic mass is 9.76. The fourth-order valence-electron chi connectivity index (χ4n) is 3.21. The molecule has 3 aromatic rings. The Bertz CT molecular complexity index is 701. The number of pyridine rings is 1. The highest BCUT2D eigenvalue weighted by atomic mass is 14.6. The van der Waals surface area contributed by atoms with Gasteiger partial charge in [0.2, 0.25) is 0 Å². The van der Waals surface area contributed by atoms with Crippen LogP contribution >= 0.6 is 0 Å². The first-order valence-electron chi connectivity index (χ1n) is 6.99. The molecule has 0 aliphatic heterocycles. The van der Waals surface area contributed by atoms with Gasteiger partial charge in [-0.3, -0.25) is 4.98 Å². The zero-order valence-corrected chi connectivity index (χ0v) is 11.2. The summed E-state index contributed by atoms with van der Waals surface area (Å²) in [6, 6.07) is 21.6. The largest absolute Gasteiger partial charge is 0.264 e. The molecule has 1 nitrogen and oxygen atoms in total. The molecule has 0 fully saturated rings. The molecule has 0 N–H and O–H groups in total. The third-order valence-corrected chi connectivity index (χ3v) is 4.14. The summed E-state index contributed by atoms with van der Waals surface area (Å²) in [4.78, 5) is 4.35. The molecular formula is C19H15N. The normalized spacial score (nSPS) is 16.3. The summed E-state index contributed by atoms with van der Waals surface area (Å²) in [5, 5.41) is 0. The van der Waals surface area contributed by atoms with Gasteiger partial charge >= 0.3 is 0 Å². The van der Waals surface area contributed by atoms with Crippen molar-refractivity contribution in [2.75, 3.05) is 0 Å². The van der Waals surface area contributed by atoms with Crippen LogP contribution in [0.1, 0.15) is 33.7 Å². The van der Waals surface area contributed by atoms with Crippen molar-refractivity contribution in [1.82, 2.24) is 4.98 Å². The highest BCUT2D eigenvalue weighted by molar-refractivity contribution is 5.53. The van der Waals surface area contributed by atoms with E-state index in [1.54, 1.807) is 0 Å².